The van der Waals surface area contributed by atoms with Gasteiger partial charge in [-0.3, -0.25) is 20.0 Å². The van der Waals surface area contributed by atoms with E-state index in [1.54, 1.807) is 30.3 Å². The Balaban J connectivity index is 1.95. The highest BCUT2D eigenvalue weighted by Gasteiger charge is 2.27. The number of nitro groups is 1. The van der Waals surface area contributed by atoms with Crippen LogP contribution < -0.4 is 0 Å². The standard InChI is InChI=1S/C20H13N3O5/c24-15-8-2-1-7-14(15)19-17(20(25)16-9-4-10-28-16)18(21-22-19)12-5-3-6-13(11-12)23(26)27/h1-11,24H,(H,21,22). The number of ketones is 1. The first-order valence-electron chi connectivity index (χ1n) is 8.26. The molecular formula is C20H13N3O5. The third-order valence-corrected chi connectivity index (χ3v) is 4.24. The summed E-state index contributed by atoms with van der Waals surface area (Å²) in [6.07, 6.45) is 1.38. The van der Waals surface area contributed by atoms with Gasteiger partial charge in [0.15, 0.2) is 5.76 Å². The molecule has 0 aliphatic heterocycles. The van der Waals surface area contributed by atoms with E-state index in [4.69, 9.17) is 4.42 Å². The number of furan rings is 1. The molecule has 0 saturated heterocycles. The normalized spacial score (nSPS) is 10.7. The minimum atomic E-state index is -0.520. The van der Waals surface area contributed by atoms with Gasteiger partial charge in [-0.1, -0.05) is 24.3 Å². The Hall–Kier alpha value is -4.20. The van der Waals surface area contributed by atoms with Gasteiger partial charge < -0.3 is 9.52 Å². The molecule has 0 unspecified atom stereocenters. The van der Waals surface area contributed by atoms with Crippen LogP contribution in [0.3, 0.4) is 0 Å². The molecule has 0 aliphatic carbocycles. The number of aromatic nitrogens is 2. The molecule has 4 rings (SSSR count). The molecule has 4 aromatic rings. The summed E-state index contributed by atoms with van der Waals surface area (Å²) in [4.78, 5) is 23.7. The van der Waals surface area contributed by atoms with Crippen molar-refractivity contribution in [1.29, 1.82) is 0 Å². The summed E-state index contributed by atoms with van der Waals surface area (Å²) in [7, 11) is 0. The predicted octanol–water partition coefficient (Wildman–Crippen LogP) is 4.18. The molecule has 138 valence electrons. The molecule has 0 bridgehead atoms. The Bertz CT molecular complexity index is 1180. The first-order valence-corrected chi connectivity index (χ1v) is 8.26. The summed E-state index contributed by atoms with van der Waals surface area (Å²) in [5.74, 6) is -0.409. The van der Waals surface area contributed by atoms with Crippen LogP contribution in [0.1, 0.15) is 16.1 Å². The van der Waals surface area contributed by atoms with E-state index < -0.39 is 10.7 Å². The van der Waals surface area contributed by atoms with Gasteiger partial charge in [0.05, 0.1) is 22.4 Å². The molecule has 28 heavy (non-hydrogen) atoms. The maximum Gasteiger partial charge on any atom is 0.270 e. The van der Waals surface area contributed by atoms with Crippen LogP contribution in [0.4, 0.5) is 5.69 Å². The number of para-hydroxylation sites is 1. The van der Waals surface area contributed by atoms with Gasteiger partial charge in [-0.15, -0.1) is 0 Å². The van der Waals surface area contributed by atoms with E-state index in [1.807, 2.05) is 0 Å². The maximum atomic E-state index is 13.1. The molecule has 8 nitrogen and oxygen atoms in total. The number of non-ortho nitro benzene ring substituents is 1. The number of benzene rings is 2. The van der Waals surface area contributed by atoms with E-state index in [2.05, 4.69) is 10.2 Å². The van der Waals surface area contributed by atoms with Crippen molar-refractivity contribution in [1.82, 2.24) is 10.2 Å². The molecule has 2 aromatic carbocycles. The summed E-state index contributed by atoms with van der Waals surface area (Å²) in [6, 6.07) is 15.4. The number of nitrogens with zero attached hydrogens (tertiary/aromatic N) is 2. The Morgan fingerprint density at radius 1 is 1.11 bits per heavy atom. The fourth-order valence-electron chi connectivity index (χ4n) is 2.95. The lowest BCUT2D eigenvalue weighted by atomic mass is 9.97. The van der Waals surface area contributed by atoms with Crippen LogP contribution in [-0.2, 0) is 0 Å². The summed E-state index contributed by atoms with van der Waals surface area (Å²) in [5, 5.41) is 28.3. The van der Waals surface area contributed by atoms with Crippen molar-refractivity contribution in [3.8, 4) is 28.3 Å². The van der Waals surface area contributed by atoms with E-state index in [1.165, 1.54) is 36.6 Å². The molecule has 0 fully saturated rings. The lowest BCUT2D eigenvalue weighted by Crippen LogP contribution is -2.03. The lowest BCUT2D eigenvalue weighted by molar-refractivity contribution is -0.384. The van der Waals surface area contributed by atoms with Gasteiger partial charge in [-0.05, 0) is 24.3 Å². The van der Waals surface area contributed by atoms with Gasteiger partial charge >= 0.3 is 0 Å². The van der Waals surface area contributed by atoms with Crippen LogP contribution in [0.5, 0.6) is 5.75 Å². The zero-order valence-corrected chi connectivity index (χ0v) is 14.3. The van der Waals surface area contributed by atoms with Crippen molar-refractivity contribution in [2.24, 2.45) is 0 Å². The Labute approximate surface area is 158 Å². The van der Waals surface area contributed by atoms with Crippen LogP contribution in [0.15, 0.2) is 71.3 Å². The first-order chi connectivity index (χ1) is 13.6. The second-order valence-corrected chi connectivity index (χ2v) is 5.95. The number of hydrogen-bond donors (Lipinski definition) is 2. The van der Waals surface area contributed by atoms with Crippen molar-refractivity contribution >= 4 is 11.5 Å². The molecule has 0 radical (unpaired) electrons. The topological polar surface area (TPSA) is 122 Å². The Morgan fingerprint density at radius 2 is 1.93 bits per heavy atom. The monoisotopic (exact) mass is 375 g/mol. The summed E-state index contributed by atoms with van der Waals surface area (Å²) in [6.45, 7) is 0. The summed E-state index contributed by atoms with van der Waals surface area (Å²) < 4.78 is 5.23. The van der Waals surface area contributed by atoms with Crippen LogP contribution in [-0.4, -0.2) is 26.0 Å². The number of rotatable bonds is 5. The van der Waals surface area contributed by atoms with Gasteiger partial charge in [0, 0.05) is 23.3 Å². The number of aromatic hydroxyl groups is 1. The average molecular weight is 375 g/mol. The SMILES string of the molecule is O=C(c1ccco1)c1c(-c2cccc([N+](=O)[O-])c2)n[nH]c1-c1ccccc1O. The molecule has 8 heteroatoms. The highest BCUT2D eigenvalue weighted by atomic mass is 16.6. The van der Waals surface area contributed by atoms with Crippen molar-refractivity contribution in [3.63, 3.8) is 0 Å². The van der Waals surface area contributed by atoms with Crippen molar-refractivity contribution in [3.05, 3.63) is 88.4 Å². The third-order valence-electron chi connectivity index (χ3n) is 4.24. The van der Waals surface area contributed by atoms with E-state index in [9.17, 15) is 20.0 Å². The molecule has 0 spiro atoms. The van der Waals surface area contributed by atoms with Gasteiger partial charge in [-0.25, -0.2) is 0 Å². The van der Waals surface area contributed by atoms with Gasteiger partial charge in [-0.2, -0.15) is 5.10 Å². The number of carbonyl (C=O) groups is 1. The number of nitro benzene ring substituents is 1. The van der Waals surface area contributed by atoms with Gasteiger partial charge in [0.25, 0.3) is 5.69 Å². The lowest BCUT2D eigenvalue weighted by Gasteiger charge is -2.06. The fourth-order valence-corrected chi connectivity index (χ4v) is 2.95. The van der Waals surface area contributed by atoms with Crippen LogP contribution in [0.25, 0.3) is 22.5 Å². The number of nitrogens with one attached hydrogen (secondary N) is 1. The largest absolute Gasteiger partial charge is 0.507 e. The van der Waals surface area contributed by atoms with Crippen LogP contribution >= 0.6 is 0 Å². The summed E-state index contributed by atoms with van der Waals surface area (Å²) >= 11 is 0. The van der Waals surface area contributed by atoms with Crippen LogP contribution in [0.2, 0.25) is 0 Å². The quantitative estimate of drug-likeness (QED) is 0.306. The highest BCUT2D eigenvalue weighted by molar-refractivity contribution is 6.14. The zero-order valence-electron chi connectivity index (χ0n) is 14.3. The minimum Gasteiger partial charge on any atom is -0.507 e. The second-order valence-electron chi connectivity index (χ2n) is 5.95. The number of phenols is 1. The first kappa shape index (κ1) is 17.2. The number of H-pyrrole nitrogens is 1. The maximum absolute atomic E-state index is 13.1. The molecule has 0 aliphatic rings. The number of phenolic OH excluding ortho intramolecular Hbond substituents is 1. The molecule has 2 heterocycles. The number of carbonyl (C=O) groups excluding carboxylic acids is 1. The van der Waals surface area contributed by atoms with Crippen LogP contribution in [0, 0.1) is 10.1 Å². The third kappa shape index (κ3) is 2.92. The molecule has 0 saturated carbocycles. The fraction of sp³-hybridized carbons (Fsp3) is 0. The molecular weight excluding hydrogens is 362 g/mol. The smallest absolute Gasteiger partial charge is 0.270 e. The summed E-state index contributed by atoms with van der Waals surface area (Å²) in [5.41, 5.74) is 1.31. The number of aromatic amines is 1. The Morgan fingerprint density at radius 3 is 2.64 bits per heavy atom. The molecule has 0 amide bonds. The van der Waals surface area contributed by atoms with E-state index >= 15 is 0 Å². The highest BCUT2D eigenvalue weighted by Crippen LogP contribution is 2.36. The molecule has 2 N–H and O–H groups in total. The predicted molar refractivity (Wildman–Crippen MR) is 99.9 cm³/mol. The average Bonchev–Trinajstić information content (AvgIpc) is 3.38. The second kappa shape index (κ2) is 6.84. The molecule has 2 aromatic heterocycles. The van der Waals surface area contributed by atoms with E-state index in [-0.39, 0.29) is 28.5 Å². The minimum absolute atomic E-state index is 0.0368. The van der Waals surface area contributed by atoms with Gasteiger partial charge in [0.1, 0.15) is 11.4 Å². The van der Waals surface area contributed by atoms with Crippen molar-refractivity contribution < 1.29 is 19.2 Å². The molecule has 0 atom stereocenters. The zero-order chi connectivity index (χ0) is 19.7. The number of hydrogen-bond acceptors (Lipinski definition) is 6. The van der Waals surface area contributed by atoms with Gasteiger partial charge in [0.2, 0.25) is 5.78 Å². The van der Waals surface area contributed by atoms with E-state index in [0.717, 1.165) is 0 Å². The van der Waals surface area contributed by atoms with Crippen molar-refractivity contribution in [2.45, 2.75) is 0 Å². The van der Waals surface area contributed by atoms with Crippen molar-refractivity contribution in [2.75, 3.05) is 0 Å². The van der Waals surface area contributed by atoms with E-state index in [0.29, 0.717) is 16.8 Å². The Kier molecular flexibility index (Phi) is 4.21.